The van der Waals surface area contributed by atoms with Gasteiger partial charge in [0.2, 0.25) is 20.3 Å². The summed E-state index contributed by atoms with van der Waals surface area (Å²) in [6, 6.07) is 4.85. The fourth-order valence-corrected chi connectivity index (χ4v) is 3.44. The van der Waals surface area contributed by atoms with E-state index in [4.69, 9.17) is 9.47 Å². The predicted octanol–water partition coefficient (Wildman–Crippen LogP) is 2.60. The van der Waals surface area contributed by atoms with Gasteiger partial charge in [0.05, 0.1) is 20.0 Å². The minimum Gasteiger partial charge on any atom is -0.493 e. The van der Waals surface area contributed by atoms with Crippen molar-refractivity contribution < 1.29 is 22.7 Å². The number of hydrogen-bond acceptors (Lipinski definition) is 8. The van der Waals surface area contributed by atoms with Crippen LogP contribution in [0.2, 0.25) is 0 Å². The molecule has 0 aliphatic carbocycles. The number of nitrogens with one attached hydrogen (secondary N) is 2. The van der Waals surface area contributed by atoms with E-state index in [-0.39, 0.29) is 10.3 Å². The Morgan fingerprint density at radius 1 is 1.22 bits per heavy atom. The van der Waals surface area contributed by atoms with Crippen molar-refractivity contribution in [2.45, 2.75) is 20.3 Å². The van der Waals surface area contributed by atoms with Crippen molar-refractivity contribution >= 4 is 37.5 Å². The zero-order valence-corrected chi connectivity index (χ0v) is 17.1. The zero-order chi connectivity index (χ0) is 20.0. The van der Waals surface area contributed by atoms with E-state index in [1.807, 2.05) is 0 Å². The highest BCUT2D eigenvalue weighted by Crippen LogP contribution is 2.29. The van der Waals surface area contributed by atoms with Gasteiger partial charge in [-0.2, -0.15) is 0 Å². The number of sulfonamides is 1. The Bertz CT molecular complexity index is 896. The van der Waals surface area contributed by atoms with Gasteiger partial charge in [0.1, 0.15) is 0 Å². The first-order valence-electron chi connectivity index (χ1n) is 8.11. The molecule has 1 aromatic carbocycles. The van der Waals surface area contributed by atoms with Gasteiger partial charge in [-0.05, 0) is 30.5 Å². The van der Waals surface area contributed by atoms with Crippen LogP contribution in [0, 0.1) is 5.92 Å². The summed E-state index contributed by atoms with van der Waals surface area (Å²) in [5, 5.41) is 10.2. The molecule has 1 heterocycles. The molecule has 0 bridgehead atoms. The molecule has 1 amide bonds. The molecule has 0 unspecified atom stereocenters. The van der Waals surface area contributed by atoms with Crippen LogP contribution in [0.1, 0.15) is 30.6 Å². The van der Waals surface area contributed by atoms with Crippen molar-refractivity contribution in [3.05, 3.63) is 23.8 Å². The van der Waals surface area contributed by atoms with E-state index in [0.717, 1.165) is 24.0 Å². The predicted molar refractivity (Wildman–Crippen MR) is 104 cm³/mol. The van der Waals surface area contributed by atoms with Crippen molar-refractivity contribution in [2.75, 3.05) is 30.0 Å². The Balaban J connectivity index is 2.05. The lowest BCUT2D eigenvalue weighted by molar-refractivity contribution is 0.102. The second kappa shape index (κ2) is 9.00. The number of hydrogen-bond donors (Lipinski definition) is 2. The maximum atomic E-state index is 12.4. The fraction of sp³-hybridized carbons (Fsp3) is 0.438. The topological polar surface area (TPSA) is 120 Å². The molecule has 0 aliphatic rings. The largest absolute Gasteiger partial charge is 0.493 e. The molecule has 9 nitrogen and oxygen atoms in total. The van der Waals surface area contributed by atoms with Crippen LogP contribution in [0.15, 0.2) is 18.2 Å². The van der Waals surface area contributed by atoms with Crippen molar-refractivity contribution in [3.63, 3.8) is 0 Å². The Morgan fingerprint density at radius 2 is 1.93 bits per heavy atom. The number of carbonyl (C=O) groups excluding carboxylic acids is 1. The third-order valence-corrected chi connectivity index (χ3v) is 4.74. The number of benzene rings is 1. The van der Waals surface area contributed by atoms with Crippen LogP contribution >= 0.6 is 11.3 Å². The summed E-state index contributed by atoms with van der Waals surface area (Å²) in [7, 11) is -1.96. The summed E-state index contributed by atoms with van der Waals surface area (Å²) in [4.78, 5) is 12.4. The average molecular weight is 415 g/mol. The minimum absolute atomic E-state index is 0.0688. The number of nitrogens with zero attached hydrogens (tertiary/aromatic N) is 2. The number of amides is 1. The molecule has 11 heteroatoms. The van der Waals surface area contributed by atoms with Gasteiger partial charge in [0.15, 0.2) is 11.5 Å². The minimum atomic E-state index is -3.46. The Labute approximate surface area is 162 Å². The standard InChI is InChI=1S/C16H22N4O5S2/c1-10(2)7-8-25-12-6-5-11(9-13(12)24-3)14(21)17-15-18-19-16(26-15)20-27(4,22)23/h5-6,9-10H,7-8H2,1-4H3,(H,19,20)(H,17,18,21). The Morgan fingerprint density at radius 3 is 2.56 bits per heavy atom. The summed E-state index contributed by atoms with van der Waals surface area (Å²) in [6.45, 7) is 4.77. The van der Waals surface area contributed by atoms with Crippen LogP contribution < -0.4 is 19.5 Å². The van der Waals surface area contributed by atoms with Gasteiger partial charge >= 0.3 is 0 Å². The molecule has 27 heavy (non-hydrogen) atoms. The Kier molecular flexibility index (Phi) is 6.97. The zero-order valence-electron chi connectivity index (χ0n) is 15.5. The second-order valence-electron chi connectivity index (χ2n) is 6.14. The lowest BCUT2D eigenvalue weighted by Gasteiger charge is -2.12. The maximum absolute atomic E-state index is 12.4. The van der Waals surface area contributed by atoms with Gasteiger partial charge < -0.3 is 9.47 Å². The average Bonchev–Trinajstić information content (AvgIpc) is 2.99. The summed E-state index contributed by atoms with van der Waals surface area (Å²) in [5.74, 6) is 1.10. The monoisotopic (exact) mass is 414 g/mol. The van der Waals surface area contributed by atoms with Crippen LogP contribution in [0.4, 0.5) is 10.3 Å². The van der Waals surface area contributed by atoms with Crippen LogP contribution in [-0.4, -0.2) is 44.5 Å². The van der Waals surface area contributed by atoms with Crippen LogP contribution in [-0.2, 0) is 10.0 Å². The fourth-order valence-electron chi connectivity index (χ4n) is 1.98. The van der Waals surface area contributed by atoms with E-state index in [2.05, 4.69) is 34.1 Å². The van der Waals surface area contributed by atoms with Gasteiger partial charge in [-0.1, -0.05) is 25.2 Å². The number of ether oxygens (including phenoxy) is 2. The van der Waals surface area contributed by atoms with Crippen molar-refractivity contribution in [3.8, 4) is 11.5 Å². The molecule has 2 aromatic rings. The molecule has 1 aromatic heterocycles. The molecule has 0 radical (unpaired) electrons. The molecule has 0 saturated carbocycles. The normalized spacial score (nSPS) is 11.3. The van der Waals surface area contributed by atoms with E-state index in [1.54, 1.807) is 18.2 Å². The molecular weight excluding hydrogens is 392 g/mol. The molecule has 148 valence electrons. The van der Waals surface area contributed by atoms with Gasteiger partial charge in [-0.15, -0.1) is 10.2 Å². The van der Waals surface area contributed by atoms with Crippen molar-refractivity contribution in [1.29, 1.82) is 0 Å². The van der Waals surface area contributed by atoms with Crippen LogP contribution in [0.5, 0.6) is 11.5 Å². The highest BCUT2D eigenvalue weighted by atomic mass is 32.2. The first kappa shape index (κ1) is 20.9. The number of aromatic nitrogens is 2. The maximum Gasteiger partial charge on any atom is 0.257 e. The van der Waals surface area contributed by atoms with Crippen LogP contribution in [0.3, 0.4) is 0 Å². The van der Waals surface area contributed by atoms with Gasteiger partial charge in [-0.25, -0.2) is 8.42 Å². The van der Waals surface area contributed by atoms with E-state index < -0.39 is 15.9 Å². The van der Waals surface area contributed by atoms with Gasteiger partial charge in [0.25, 0.3) is 5.91 Å². The third-order valence-electron chi connectivity index (χ3n) is 3.30. The lowest BCUT2D eigenvalue weighted by atomic mass is 10.1. The molecule has 0 fully saturated rings. The first-order valence-corrected chi connectivity index (χ1v) is 10.8. The summed E-state index contributed by atoms with van der Waals surface area (Å²) in [5.41, 5.74) is 0.343. The lowest BCUT2D eigenvalue weighted by Crippen LogP contribution is -2.12. The van der Waals surface area contributed by atoms with E-state index >= 15 is 0 Å². The van der Waals surface area contributed by atoms with E-state index in [1.165, 1.54) is 7.11 Å². The first-order chi connectivity index (χ1) is 12.7. The third kappa shape index (κ3) is 6.68. The Hall–Kier alpha value is -2.40. The van der Waals surface area contributed by atoms with E-state index in [9.17, 15) is 13.2 Å². The molecule has 2 N–H and O–H groups in total. The number of methoxy groups -OCH3 is 1. The quantitative estimate of drug-likeness (QED) is 0.647. The molecule has 0 aliphatic heterocycles. The van der Waals surface area contributed by atoms with Gasteiger partial charge in [0, 0.05) is 5.56 Å². The van der Waals surface area contributed by atoms with Crippen molar-refractivity contribution in [1.82, 2.24) is 10.2 Å². The molecule has 0 spiro atoms. The summed E-state index contributed by atoms with van der Waals surface area (Å²) in [6.07, 6.45) is 1.91. The smallest absolute Gasteiger partial charge is 0.257 e. The molecule has 2 rings (SSSR count). The van der Waals surface area contributed by atoms with E-state index in [0.29, 0.717) is 29.6 Å². The summed E-state index contributed by atoms with van der Waals surface area (Å²) >= 11 is 0.909. The molecular formula is C16H22N4O5S2. The highest BCUT2D eigenvalue weighted by Gasteiger charge is 2.15. The second-order valence-corrected chi connectivity index (χ2v) is 8.86. The molecule has 0 atom stereocenters. The molecule has 0 saturated heterocycles. The number of rotatable bonds is 9. The van der Waals surface area contributed by atoms with Crippen LogP contribution in [0.25, 0.3) is 0 Å². The SMILES string of the molecule is COc1cc(C(=O)Nc2nnc(NS(C)(=O)=O)s2)ccc1OCCC(C)C. The van der Waals surface area contributed by atoms with Crippen molar-refractivity contribution in [2.24, 2.45) is 5.92 Å². The van der Waals surface area contributed by atoms with Gasteiger partial charge in [-0.3, -0.25) is 14.8 Å². The number of carbonyl (C=O) groups is 1. The highest BCUT2D eigenvalue weighted by molar-refractivity contribution is 7.92. The summed E-state index contributed by atoms with van der Waals surface area (Å²) < 4.78 is 35.6. The number of anilines is 2.